The Labute approximate surface area is 160 Å². The van der Waals surface area contributed by atoms with Crippen LogP contribution in [0.4, 0.5) is 5.69 Å². The number of hydrogen-bond acceptors (Lipinski definition) is 3. The fraction of sp³-hybridized carbons (Fsp3) is 0.455. The average molecular weight is 368 g/mol. The first-order chi connectivity index (χ1) is 12.6. The van der Waals surface area contributed by atoms with Crippen molar-refractivity contribution in [1.29, 1.82) is 0 Å². The van der Waals surface area contributed by atoms with Crippen LogP contribution in [0.25, 0.3) is 11.3 Å². The molecule has 5 nitrogen and oxygen atoms in total. The van der Waals surface area contributed by atoms with Crippen LogP contribution in [0.3, 0.4) is 0 Å². The van der Waals surface area contributed by atoms with Crippen molar-refractivity contribution < 1.29 is 14.0 Å². The fourth-order valence-corrected chi connectivity index (χ4v) is 3.07. The molecule has 1 N–H and O–H groups in total. The third kappa shape index (κ3) is 4.24. The van der Waals surface area contributed by atoms with Crippen molar-refractivity contribution in [1.82, 2.24) is 4.90 Å². The third-order valence-electron chi connectivity index (χ3n) is 4.78. The number of nitrogens with zero attached hydrogens (tertiary/aromatic N) is 1. The first-order valence-electron chi connectivity index (χ1n) is 9.47. The molecule has 1 aromatic heterocycles. The Morgan fingerprint density at radius 3 is 2.41 bits per heavy atom. The van der Waals surface area contributed by atoms with E-state index in [1.54, 1.807) is 0 Å². The van der Waals surface area contributed by atoms with Gasteiger partial charge in [0.15, 0.2) is 0 Å². The van der Waals surface area contributed by atoms with Gasteiger partial charge in [0.1, 0.15) is 11.5 Å². The molecular weight excluding hydrogens is 340 g/mol. The van der Waals surface area contributed by atoms with Gasteiger partial charge in [0.2, 0.25) is 11.8 Å². The lowest BCUT2D eigenvalue weighted by Crippen LogP contribution is -2.37. The van der Waals surface area contributed by atoms with E-state index < -0.39 is 5.41 Å². The van der Waals surface area contributed by atoms with Crippen molar-refractivity contribution in [3.8, 4) is 11.3 Å². The van der Waals surface area contributed by atoms with Crippen molar-refractivity contribution in [3.63, 3.8) is 0 Å². The normalized spacial score (nSPS) is 14.2. The van der Waals surface area contributed by atoms with Crippen molar-refractivity contribution in [2.75, 3.05) is 11.9 Å². The van der Waals surface area contributed by atoms with E-state index in [2.05, 4.69) is 5.32 Å². The van der Waals surface area contributed by atoms with E-state index in [0.29, 0.717) is 13.1 Å². The Morgan fingerprint density at radius 1 is 1.15 bits per heavy atom. The average Bonchev–Trinajstić information content (AvgIpc) is 3.03. The highest BCUT2D eigenvalue weighted by Gasteiger charge is 2.26. The van der Waals surface area contributed by atoms with Crippen LogP contribution in [-0.4, -0.2) is 23.3 Å². The van der Waals surface area contributed by atoms with Crippen molar-refractivity contribution in [2.24, 2.45) is 11.3 Å². The van der Waals surface area contributed by atoms with Crippen LogP contribution in [0.1, 0.15) is 45.9 Å². The molecule has 0 unspecified atom stereocenters. The number of hydrogen-bond donors (Lipinski definition) is 1. The number of carbonyl (C=O) groups excluding carboxylic acids is 2. The summed E-state index contributed by atoms with van der Waals surface area (Å²) in [5.41, 5.74) is 2.37. The van der Waals surface area contributed by atoms with Gasteiger partial charge in [-0.1, -0.05) is 34.6 Å². The summed E-state index contributed by atoms with van der Waals surface area (Å²) < 4.78 is 6.03. The second-order valence-corrected chi connectivity index (χ2v) is 8.51. The zero-order valence-corrected chi connectivity index (χ0v) is 16.8. The number of nitrogens with one attached hydrogen (secondary N) is 1. The van der Waals surface area contributed by atoms with E-state index >= 15 is 0 Å². The molecule has 27 heavy (non-hydrogen) atoms. The summed E-state index contributed by atoms with van der Waals surface area (Å²) in [4.78, 5) is 26.2. The highest BCUT2D eigenvalue weighted by Crippen LogP contribution is 2.31. The maximum atomic E-state index is 12.2. The minimum Gasteiger partial charge on any atom is -0.461 e. The van der Waals surface area contributed by atoms with E-state index in [1.807, 2.05) is 69.9 Å². The van der Waals surface area contributed by atoms with Crippen molar-refractivity contribution in [2.45, 2.75) is 47.6 Å². The predicted octanol–water partition coefficient (Wildman–Crippen LogP) is 4.47. The number of amides is 2. The van der Waals surface area contributed by atoms with Gasteiger partial charge in [-0.2, -0.15) is 0 Å². The summed E-state index contributed by atoms with van der Waals surface area (Å²) in [6, 6.07) is 9.68. The maximum Gasteiger partial charge on any atom is 0.229 e. The molecule has 2 aromatic rings. The SMILES string of the molecule is CC(C)C(=O)N1CCc2oc(-c3ccc(NC(=O)C(C)(C)C)cc3)cc2C1. The van der Waals surface area contributed by atoms with E-state index in [1.165, 1.54) is 0 Å². The van der Waals surface area contributed by atoms with E-state index in [4.69, 9.17) is 4.42 Å². The fourth-order valence-electron chi connectivity index (χ4n) is 3.07. The second kappa shape index (κ2) is 7.22. The molecule has 0 saturated carbocycles. The van der Waals surface area contributed by atoms with Crippen LogP contribution in [0.2, 0.25) is 0 Å². The van der Waals surface area contributed by atoms with Crippen LogP contribution in [-0.2, 0) is 22.6 Å². The van der Waals surface area contributed by atoms with E-state index in [9.17, 15) is 9.59 Å². The minimum absolute atomic E-state index is 0.00812. The Kier molecular flexibility index (Phi) is 5.13. The molecule has 0 bridgehead atoms. The van der Waals surface area contributed by atoms with Gasteiger partial charge >= 0.3 is 0 Å². The summed E-state index contributed by atoms with van der Waals surface area (Å²) in [7, 11) is 0. The predicted molar refractivity (Wildman–Crippen MR) is 106 cm³/mol. The van der Waals surface area contributed by atoms with Crippen molar-refractivity contribution >= 4 is 17.5 Å². The van der Waals surface area contributed by atoms with Gasteiger partial charge in [-0.25, -0.2) is 0 Å². The molecule has 3 rings (SSSR count). The van der Waals surface area contributed by atoms with Crippen LogP contribution < -0.4 is 5.32 Å². The third-order valence-corrected chi connectivity index (χ3v) is 4.78. The van der Waals surface area contributed by atoms with Crippen LogP contribution >= 0.6 is 0 Å². The van der Waals surface area contributed by atoms with E-state index in [0.717, 1.165) is 34.8 Å². The smallest absolute Gasteiger partial charge is 0.229 e. The Bertz CT molecular complexity index is 841. The van der Waals surface area contributed by atoms with Crippen LogP contribution in [0.15, 0.2) is 34.7 Å². The van der Waals surface area contributed by atoms with Crippen molar-refractivity contribution in [3.05, 3.63) is 41.7 Å². The molecule has 0 aliphatic carbocycles. The Morgan fingerprint density at radius 2 is 1.81 bits per heavy atom. The summed E-state index contributed by atoms with van der Waals surface area (Å²) in [5, 5.41) is 2.92. The summed E-state index contributed by atoms with van der Waals surface area (Å²) in [6.07, 6.45) is 0.744. The molecule has 2 amide bonds. The second-order valence-electron chi connectivity index (χ2n) is 8.51. The molecule has 0 saturated heterocycles. The van der Waals surface area contributed by atoms with Crippen LogP contribution in [0, 0.1) is 11.3 Å². The van der Waals surface area contributed by atoms with Gasteiger partial charge in [-0.15, -0.1) is 0 Å². The Balaban J connectivity index is 1.74. The largest absolute Gasteiger partial charge is 0.461 e. The first-order valence-corrected chi connectivity index (χ1v) is 9.47. The number of rotatable bonds is 3. The molecule has 5 heteroatoms. The van der Waals surface area contributed by atoms with E-state index in [-0.39, 0.29) is 17.7 Å². The topological polar surface area (TPSA) is 62.6 Å². The molecule has 1 aliphatic heterocycles. The highest BCUT2D eigenvalue weighted by molar-refractivity contribution is 5.94. The molecule has 0 fully saturated rings. The Hall–Kier alpha value is -2.56. The molecule has 0 spiro atoms. The zero-order chi connectivity index (χ0) is 19.8. The summed E-state index contributed by atoms with van der Waals surface area (Å²) in [6.45, 7) is 10.8. The van der Waals surface area contributed by atoms with Gasteiger partial charge in [0, 0.05) is 47.7 Å². The van der Waals surface area contributed by atoms with Gasteiger partial charge < -0.3 is 14.6 Å². The molecule has 144 valence electrons. The molecule has 1 aliphatic rings. The summed E-state index contributed by atoms with van der Waals surface area (Å²) in [5.74, 6) is 1.94. The highest BCUT2D eigenvalue weighted by atomic mass is 16.3. The molecular formula is C22H28N2O3. The standard InChI is InChI=1S/C22H28N2O3/c1-14(2)20(25)24-11-10-18-16(13-24)12-19(27-18)15-6-8-17(9-7-15)23-21(26)22(3,4)5/h6-9,12,14H,10-11,13H2,1-5H3,(H,23,26). The van der Waals surface area contributed by atoms with Gasteiger partial charge in [-0.3, -0.25) is 9.59 Å². The monoisotopic (exact) mass is 368 g/mol. The maximum absolute atomic E-state index is 12.2. The number of benzene rings is 1. The molecule has 1 aromatic carbocycles. The molecule has 0 atom stereocenters. The number of carbonyl (C=O) groups is 2. The quantitative estimate of drug-likeness (QED) is 0.869. The number of fused-ring (bicyclic) bond motifs is 1. The van der Waals surface area contributed by atoms with Gasteiger partial charge in [0.25, 0.3) is 0 Å². The molecule has 2 heterocycles. The summed E-state index contributed by atoms with van der Waals surface area (Å²) >= 11 is 0. The molecule has 0 radical (unpaired) electrons. The lowest BCUT2D eigenvalue weighted by molar-refractivity contribution is -0.135. The number of anilines is 1. The lowest BCUT2D eigenvalue weighted by atomic mass is 9.95. The van der Waals surface area contributed by atoms with Gasteiger partial charge in [-0.05, 0) is 30.3 Å². The first kappa shape index (κ1) is 19.2. The van der Waals surface area contributed by atoms with Gasteiger partial charge in [0.05, 0.1) is 0 Å². The minimum atomic E-state index is -0.433. The zero-order valence-electron chi connectivity index (χ0n) is 16.8. The lowest BCUT2D eigenvalue weighted by Gasteiger charge is -2.27. The number of furan rings is 1. The van der Waals surface area contributed by atoms with Crippen LogP contribution in [0.5, 0.6) is 0 Å².